The first-order valence-electron chi connectivity index (χ1n) is 10.7. The minimum absolute atomic E-state index is 0.209. The number of rotatable bonds is 7. The summed E-state index contributed by atoms with van der Waals surface area (Å²) < 4.78 is 11.9. The fraction of sp³-hybridized carbons (Fsp3) is 0.115. The number of carbonyl (C=O) groups is 3. The van der Waals surface area contributed by atoms with Gasteiger partial charge in [0.25, 0.3) is 17.1 Å². The van der Waals surface area contributed by atoms with E-state index >= 15 is 0 Å². The van der Waals surface area contributed by atoms with E-state index < -0.39 is 11.1 Å². The summed E-state index contributed by atoms with van der Waals surface area (Å²) in [6.07, 6.45) is 1.62. The Hall–Kier alpha value is -3.02. The van der Waals surface area contributed by atoms with Crippen LogP contribution in [0.5, 0.6) is 11.5 Å². The topological polar surface area (TPSA) is 84.9 Å². The number of thioether (sulfide) groups is 1. The third-order valence-electron chi connectivity index (χ3n) is 5.11. The molecular weight excluding hydrogens is 615 g/mol. The number of methoxy groups -OCH3 is 1. The van der Waals surface area contributed by atoms with Gasteiger partial charge in [0.1, 0.15) is 0 Å². The van der Waals surface area contributed by atoms with Crippen LogP contribution in [0.25, 0.3) is 6.08 Å². The van der Waals surface area contributed by atoms with Crippen LogP contribution in [0.4, 0.5) is 16.2 Å². The van der Waals surface area contributed by atoms with Gasteiger partial charge in [0, 0.05) is 10.7 Å². The van der Waals surface area contributed by atoms with Crippen molar-refractivity contribution in [2.24, 2.45) is 0 Å². The standard InChI is InChI=1S/C26H20ClIN2O5S/c1-15-3-7-18(8-4-15)29-23(31)14-35-24-20(28)11-16(12-21(24)34-2)13-22-25(32)30(26(33)36-22)19-9-5-17(27)6-10-19/h3-13H,14H2,1-2H3,(H,29,31)/b22-13+. The highest BCUT2D eigenvalue weighted by atomic mass is 127. The van der Waals surface area contributed by atoms with Crippen molar-refractivity contribution in [3.05, 3.63) is 85.3 Å². The molecule has 0 aliphatic carbocycles. The van der Waals surface area contributed by atoms with Gasteiger partial charge in [-0.3, -0.25) is 14.4 Å². The molecule has 0 radical (unpaired) electrons. The van der Waals surface area contributed by atoms with Crippen molar-refractivity contribution < 1.29 is 23.9 Å². The number of ether oxygens (including phenoxy) is 2. The zero-order chi connectivity index (χ0) is 25.8. The van der Waals surface area contributed by atoms with Gasteiger partial charge in [-0.15, -0.1) is 0 Å². The van der Waals surface area contributed by atoms with Crippen LogP contribution >= 0.6 is 46.0 Å². The lowest BCUT2D eigenvalue weighted by Gasteiger charge is -2.14. The van der Waals surface area contributed by atoms with E-state index in [1.165, 1.54) is 7.11 Å². The lowest BCUT2D eigenvalue weighted by Crippen LogP contribution is -2.27. The Kier molecular flexibility index (Phi) is 8.22. The monoisotopic (exact) mass is 634 g/mol. The maximum atomic E-state index is 12.9. The van der Waals surface area contributed by atoms with Gasteiger partial charge in [-0.05, 0) is 101 Å². The third-order valence-corrected chi connectivity index (χ3v) is 7.03. The molecular formula is C26H20ClIN2O5S. The Morgan fingerprint density at radius 1 is 1.11 bits per heavy atom. The number of aryl methyl sites for hydroxylation is 1. The summed E-state index contributed by atoms with van der Waals surface area (Å²) >= 11 is 8.84. The molecule has 1 aliphatic rings. The summed E-state index contributed by atoms with van der Waals surface area (Å²) in [6, 6.07) is 17.4. The Morgan fingerprint density at radius 2 is 1.81 bits per heavy atom. The highest BCUT2D eigenvalue weighted by Crippen LogP contribution is 2.39. The molecule has 0 unspecified atom stereocenters. The normalized spacial score (nSPS) is 14.3. The zero-order valence-corrected chi connectivity index (χ0v) is 22.9. The molecule has 0 bridgehead atoms. The predicted molar refractivity (Wildman–Crippen MR) is 151 cm³/mol. The molecule has 3 aromatic rings. The predicted octanol–water partition coefficient (Wildman–Crippen LogP) is 6.52. The highest BCUT2D eigenvalue weighted by molar-refractivity contribution is 14.1. The largest absolute Gasteiger partial charge is 0.493 e. The first kappa shape index (κ1) is 26.1. The van der Waals surface area contributed by atoms with E-state index in [0.717, 1.165) is 22.2 Å². The number of anilines is 2. The molecule has 3 aromatic carbocycles. The first-order valence-corrected chi connectivity index (χ1v) is 12.9. The highest BCUT2D eigenvalue weighted by Gasteiger charge is 2.36. The van der Waals surface area contributed by atoms with Gasteiger partial charge in [-0.2, -0.15) is 0 Å². The Bertz CT molecular complexity index is 1360. The van der Waals surface area contributed by atoms with E-state index in [1.807, 2.05) is 31.2 Å². The lowest BCUT2D eigenvalue weighted by atomic mass is 10.1. The van der Waals surface area contributed by atoms with E-state index in [2.05, 4.69) is 27.9 Å². The molecule has 10 heteroatoms. The molecule has 0 spiro atoms. The van der Waals surface area contributed by atoms with Gasteiger partial charge in [0.05, 0.1) is 21.3 Å². The Balaban J connectivity index is 1.49. The fourth-order valence-corrected chi connectivity index (χ4v) is 5.12. The summed E-state index contributed by atoms with van der Waals surface area (Å²) in [5.74, 6) is 0.0721. The van der Waals surface area contributed by atoms with E-state index in [-0.39, 0.29) is 17.4 Å². The molecule has 184 valence electrons. The lowest BCUT2D eigenvalue weighted by molar-refractivity contribution is -0.118. The molecule has 0 aromatic heterocycles. The molecule has 1 fully saturated rings. The average molecular weight is 635 g/mol. The van der Waals surface area contributed by atoms with Crippen LogP contribution in [0.1, 0.15) is 11.1 Å². The van der Waals surface area contributed by atoms with Crippen LogP contribution in [0.3, 0.4) is 0 Å². The van der Waals surface area contributed by atoms with Crippen molar-refractivity contribution in [2.75, 3.05) is 23.9 Å². The molecule has 1 aliphatic heterocycles. The van der Waals surface area contributed by atoms with Crippen molar-refractivity contribution in [1.29, 1.82) is 0 Å². The van der Waals surface area contributed by atoms with Crippen molar-refractivity contribution in [2.45, 2.75) is 6.92 Å². The number of halogens is 2. The molecule has 4 rings (SSSR count). The summed E-state index contributed by atoms with van der Waals surface area (Å²) in [5.41, 5.74) is 2.87. The molecule has 0 atom stereocenters. The second kappa shape index (κ2) is 11.4. The summed E-state index contributed by atoms with van der Waals surface area (Å²) in [6.45, 7) is 1.76. The molecule has 1 saturated heterocycles. The second-order valence-electron chi connectivity index (χ2n) is 7.73. The first-order chi connectivity index (χ1) is 17.2. The van der Waals surface area contributed by atoms with Crippen LogP contribution in [0.15, 0.2) is 65.6 Å². The zero-order valence-electron chi connectivity index (χ0n) is 19.2. The summed E-state index contributed by atoms with van der Waals surface area (Å²) in [7, 11) is 1.49. The van der Waals surface area contributed by atoms with Crippen LogP contribution in [-0.2, 0) is 9.59 Å². The average Bonchev–Trinajstić information content (AvgIpc) is 3.12. The van der Waals surface area contributed by atoms with Gasteiger partial charge in [-0.25, -0.2) is 4.90 Å². The van der Waals surface area contributed by atoms with Gasteiger partial charge in [0.2, 0.25) is 0 Å². The van der Waals surface area contributed by atoms with Gasteiger partial charge in [-0.1, -0.05) is 29.3 Å². The van der Waals surface area contributed by atoms with E-state index in [4.69, 9.17) is 21.1 Å². The van der Waals surface area contributed by atoms with E-state index in [9.17, 15) is 14.4 Å². The quantitative estimate of drug-likeness (QED) is 0.235. The minimum Gasteiger partial charge on any atom is -0.493 e. The van der Waals surface area contributed by atoms with Gasteiger partial charge < -0.3 is 14.8 Å². The Morgan fingerprint density at radius 3 is 2.47 bits per heavy atom. The smallest absolute Gasteiger partial charge is 0.298 e. The molecule has 1 N–H and O–H groups in total. The van der Waals surface area contributed by atoms with Crippen LogP contribution < -0.4 is 19.7 Å². The minimum atomic E-state index is -0.422. The number of hydrogen-bond acceptors (Lipinski definition) is 6. The number of nitrogens with one attached hydrogen (secondary N) is 1. The van der Waals surface area contributed by atoms with Crippen molar-refractivity contribution in [3.8, 4) is 11.5 Å². The number of benzene rings is 3. The molecule has 36 heavy (non-hydrogen) atoms. The van der Waals surface area contributed by atoms with Crippen LogP contribution in [-0.4, -0.2) is 30.8 Å². The molecule has 3 amide bonds. The second-order valence-corrected chi connectivity index (χ2v) is 10.3. The van der Waals surface area contributed by atoms with Crippen molar-refractivity contribution in [1.82, 2.24) is 0 Å². The number of hydrogen-bond donors (Lipinski definition) is 1. The maximum absolute atomic E-state index is 12.9. The van der Waals surface area contributed by atoms with Gasteiger partial charge >= 0.3 is 0 Å². The third kappa shape index (κ3) is 6.03. The van der Waals surface area contributed by atoms with E-state index in [1.54, 1.807) is 42.5 Å². The maximum Gasteiger partial charge on any atom is 0.298 e. The number of carbonyl (C=O) groups excluding carboxylic acids is 3. The van der Waals surface area contributed by atoms with E-state index in [0.29, 0.717) is 37.0 Å². The van der Waals surface area contributed by atoms with Crippen molar-refractivity contribution in [3.63, 3.8) is 0 Å². The number of amides is 3. The number of imide groups is 1. The SMILES string of the molecule is COc1cc(/C=C2/SC(=O)N(c3ccc(Cl)cc3)C2=O)cc(I)c1OCC(=O)Nc1ccc(C)cc1. The van der Waals surface area contributed by atoms with Crippen molar-refractivity contribution >= 4 is 80.5 Å². The number of nitrogens with zero attached hydrogens (tertiary/aromatic N) is 1. The molecule has 0 saturated carbocycles. The van der Waals surface area contributed by atoms with Crippen LogP contribution in [0.2, 0.25) is 5.02 Å². The summed E-state index contributed by atoms with van der Waals surface area (Å²) in [4.78, 5) is 39.2. The van der Waals surface area contributed by atoms with Crippen LogP contribution in [0, 0.1) is 10.5 Å². The Labute approximate surface area is 230 Å². The summed E-state index contributed by atoms with van der Waals surface area (Å²) in [5, 5.41) is 2.90. The fourth-order valence-electron chi connectivity index (χ4n) is 3.37. The molecule has 7 nitrogen and oxygen atoms in total. The van der Waals surface area contributed by atoms with Gasteiger partial charge in [0.15, 0.2) is 18.1 Å². The molecule has 1 heterocycles.